The van der Waals surface area contributed by atoms with Crippen molar-refractivity contribution in [3.8, 4) is 11.5 Å². The van der Waals surface area contributed by atoms with Crippen LogP contribution in [0.5, 0.6) is 11.5 Å². The van der Waals surface area contributed by atoms with E-state index in [0.29, 0.717) is 28.1 Å². The lowest BCUT2D eigenvalue weighted by Gasteiger charge is -2.17. The van der Waals surface area contributed by atoms with Crippen molar-refractivity contribution in [3.63, 3.8) is 0 Å². The third kappa shape index (κ3) is 5.00. The van der Waals surface area contributed by atoms with Crippen LogP contribution in [0.1, 0.15) is 26.3 Å². The number of carbonyl (C=O) groups is 3. The maximum atomic E-state index is 12.4. The first-order valence-electron chi connectivity index (χ1n) is 8.31. The summed E-state index contributed by atoms with van der Waals surface area (Å²) < 4.78 is 16.6. The lowest BCUT2D eigenvalue weighted by atomic mass is 10.1. The molecule has 1 heterocycles. The van der Waals surface area contributed by atoms with Crippen molar-refractivity contribution in [1.29, 1.82) is 0 Å². The molecule has 0 radical (unpaired) electrons. The normalized spacial score (nSPS) is 15.3. The van der Waals surface area contributed by atoms with Gasteiger partial charge in [0.25, 0.3) is 5.91 Å². The Kier molecular flexibility index (Phi) is 6.84. The van der Waals surface area contributed by atoms with Gasteiger partial charge in [-0.2, -0.15) is 0 Å². The third-order valence-corrected chi connectivity index (χ3v) is 4.06. The van der Waals surface area contributed by atoms with E-state index in [-0.39, 0.29) is 11.8 Å². The van der Waals surface area contributed by atoms with Crippen LogP contribution in [-0.4, -0.2) is 49.2 Å². The van der Waals surface area contributed by atoms with Crippen molar-refractivity contribution in [2.45, 2.75) is 26.9 Å². The van der Waals surface area contributed by atoms with Gasteiger partial charge >= 0.3 is 12.0 Å². The van der Waals surface area contributed by atoms with Gasteiger partial charge in [0.2, 0.25) is 0 Å². The number of nitrogens with one attached hydrogen (secondary N) is 1. The number of carbonyl (C=O) groups excluding carboxylic acids is 3. The summed E-state index contributed by atoms with van der Waals surface area (Å²) in [5.41, 5.74) is 0.667. The Morgan fingerprint density at radius 3 is 2.63 bits per heavy atom. The predicted octanol–water partition coefficient (Wildman–Crippen LogP) is 2.70. The maximum absolute atomic E-state index is 12.4. The first-order chi connectivity index (χ1) is 12.8. The number of hydrogen-bond donors (Lipinski definition) is 1. The van der Waals surface area contributed by atoms with Crippen LogP contribution in [0.4, 0.5) is 4.79 Å². The monoisotopic (exact) mass is 440 g/mol. The summed E-state index contributed by atoms with van der Waals surface area (Å²) in [6.45, 7) is 5.64. The van der Waals surface area contributed by atoms with E-state index in [1.54, 1.807) is 12.1 Å². The molecule has 27 heavy (non-hydrogen) atoms. The van der Waals surface area contributed by atoms with E-state index in [1.165, 1.54) is 13.2 Å². The quantitative estimate of drug-likeness (QED) is 0.397. The van der Waals surface area contributed by atoms with Gasteiger partial charge in [-0.25, -0.2) is 9.69 Å². The van der Waals surface area contributed by atoms with Crippen molar-refractivity contribution < 1.29 is 28.6 Å². The molecule has 2 rings (SSSR count). The molecule has 8 nitrogen and oxygen atoms in total. The Morgan fingerprint density at radius 1 is 1.33 bits per heavy atom. The average molecular weight is 441 g/mol. The average Bonchev–Trinajstić information content (AvgIpc) is 2.85. The number of rotatable bonds is 7. The number of nitrogens with zero attached hydrogens (tertiary/aromatic N) is 1. The fourth-order valence-electron chi connectivity index (χ4n) is 2.36. The van der Waals surface area contributed by atoms with Crippen LogP contribution in [0, 0.1) is 0 Å². The Bertz CT molecular complexity index is 790. The van der Waals surface area contributed by atoms with Gasteiger partial charge < -0.3 is 19.5 Å². The molecule has 0 aliphatic carbocycles. The number of esters is 1. The van der Waals surface area contributed by atoms with E-state index in [2.05, 4.69) is 26.0 Å². The molecule has 1 saturated heterocycles. The van der Waals surface area contributed by atoms with E-state index in [9.17, 15) is 14.4 Å². The number of halogens is 1. The number of methoxy groups -OCH3 is 1. The molecule has 1 fully saturated rings. The molecule has 1 aliphatic heterocycles. The van der Waals surface area contributed by atoms with E-state index in [0.717, 1.165) is 4.90 Å². The molecule has 146 valence electrons. The molecule has 1 aliphatic rings. The van der Waals surface area contributed by atoms with Gasteiger partial charge in [-0.15, -0.1) is 0 Å². The molecular formula is C18H21BrN2O6. The molecule has 0 saturated carbocycles. The summed E-state index contributed by atoms with van der Waals surface area (Å²) in [6.07, 6.45) is 1.46. The van der Waals surface area contributed by atoms with Crippen LogP contribution in [0.3, 0.4) is 0 Å². The largest absolute Gasteiger partial charge is 0.490 e. The highest BCUT2D eigenvalue weighted by Crippen LogP contribution is 2.38. The molecule has 0 aromatic heterocycles. The van der Waals surface area contributed by atoms with Crippen molar-refractivity contribution in [2.24, 2.45) is 0 Å². The van der Waals surface area contributed by atoms with Gasteiger partial charge in [-0.05, 0) is 60.5 Å². The lowest BCUT2D eigenvalue weighted by Crippen LogP contribution is -2.36. The standard InChI is InChI=1S/C18H21BrN2O6/c1-5-26-14-8-11(6-12(19)16(14)27-10(2)3)7-13-17(23)21(18(24)20-13)9-15(22)25-4/h6-8,10H,5,9H2,1-4H3,(H,20,24)/b13-7+. The first kappa shape index (κ1) is 20.8. The molecule has 0 atom stereocenters. The highest BCUT2D eigenvalue weighted by Gasteiger charge is 2.35. The Hall–Kier alpha value is -2.55. The van der Waals surface area contributed by atoms with Gasteiger partial charge in [-0.1, -0.05) is 0 Å². The summed E-state index contributed by atoms with van der Waals surface area (Å²) in [5.74, 6) is -0.225. The third-order valence-electron chi connectivity index (χ3n) is 3.47. The topological polar surface area (TPSA) is 94.2 Å². The Balaban J connectivity index is 2.34. The predicted molar refractivity (Wildman–Crippen MR) is 101 cm³/mol. The number of amides is 3. The van der Waals surface area contributed by atoms with Crippen LogP contribution in [0.25, 0.3) is 6.08 Å². The van der Waals surface area contributed by atoms with E-state index in [4.69, 9.17) is 9.47 Å². The first-order valence-corrected chi connectivity index (χ1v) is 9.10. The van der Waals surface area contributed by atoms with E-state index < -0.39 is 24.5 Å². The van der Waals surface area contributed by atoms with Crippen molar-refractivity contribution in [2.75, 3.05) is 20.3 Å². The SMILES string of the molecule is CCOc1cc(/C=C2/NC(=O)N(CC(=O)OC)C2=O)cc(Br)c1OC(C)C. The molecule has 1 aromatic carbocycles. The highest BCUT2D eigenvalue weighted by atomic mass is 79.9. The van der Waals surface area contributed by atoms with E-state index in [1.807, 2.05) is 20.8 Å². The molecule has 3 amide bonds. The molecule has 9 heteroatoms. The van der Waals surface area contributed by atoms with Gasteiger partial charge in [0, 0.05) is 0 Å². The minimum atomic E-state index is -0.684. The molecule has 1 N–H and O–H groups in total. The van der Waals surface area contributed by atoms with Gasteiger partial charge in [-0.3, -0.25) is 9.59 Å². The lowest BCUT2D eigenvalue weighted by molar-refractivity contribution is -0.143. The number of imide groups is 1. The van der Waals surface area contributed by atoms with Gasteiger partial charge in [0.05, 0.1) is 24.3 Å². The Labute approximate surface area is 165 Å². The second-order valence-electron chi connectivity index (χ2n) is 5.89. The fraction of sp³-hybridized carbons (Fsp3) is 0.389. The number of benzene rings is 1. The zero-order chi connectivity index (χ0) is 20.1. The smallest absolute Gasteiger partial charge is 0.329 e. The minimum Gasteiger partial charge on any atom is -0.490 e. The van der Waals surface area contributed by atoms with Crippen LogP contribution in [-0.2, 0) is 14.3 Å². The number of ether oxygens (including phenoxy) is 3. The number of urea groups is 1. The molecular weight excluding hydrogens is 420 g/mol. The second kappa shape index (κ2) is 8.90. The van der Waals surface area contributed by atoms with Gasteiger partial charge in [0.1, 0.15) is 12.2 Å². The minimum absolute atomic E-state index is 0.0488. The summed E-state index contributed by atoms with van der Waals surface area (Å²) in [5, 5.41) is 2.45. The fourth-order valence-corrected chi connectivity index (χ4v) is 2.91. The number of hydrogen-bond acceptors (Lipinski definition) is 6. The van der Waals surface area contributed by atoms with Gasteiger partial charge in [0.15, 0.2) is 11.5 Å². The molecule has 1 aromatic rings. The summed E-state index contributed by atoms with van der Waals surface area (Å²) in [7, 11) is 1.19. The van der Waals surface area contributed by atoms with Crippen LogP contribution in [0.2, 0.25) is 0 Å². The molecule has 0 spiro atoms. The molecule has 0 unspecified atom stereocenters. The second-order valence-corrected chi connectivity index (χ2v) is 6.74. The highest BCUT2D eigenvalue weighted by molar-refractivity contribution is 9.10. The Morgan fingerprint density at radius 2 is 2.04 bits per heavy atom. The van der Waals surface area contributed by atoms with E-state index >= 15 is 0 Å². The summed E-state index contributed by atoms with van der Waals surface area (Å²) in [6, 6.07) is 2.78. The summed E-state index contributed by atoms with van der Waals surface area (Å²) >= 11 is 3.45. The zero-order valence-corrected chi connectivity index (χ0v) is 17.1. The van der Waals surface area contributed by atoms with Crippen molar-refractivity contribution in [3.05, 3.63) is 27.9 Å². The van der Waals surface area contributed by atoms with Crippen LogP contribution < -0.4 is 14.8 Å². The van der Waals surface area contributed by atoms with Crippen LogP contribution >= 0.6 is 15.9 Å². The van der Waals surface area contributed by atoms with Crippen LogP contribution in [0.15, 0.2) is 22.3 Å². The zero-order valence-electron chi connectivity index (χ0n) is 15.5. The molecule has 0 bridgehead atoms. The van der Waals surface area contributed by atoms with Crippen molar-refractivity contribution in [1.82, 2.24) is 10.2 Å². The maximum Gasteiger partial charge on any atom is 0.329 e. The summed E-state index contributed by atoms with van der Waals surface area (Å²) in [4.78, 5) is 36.5. The van der Waals surface area contributed by atoms with Crippen molar-refractivity contribution >= 4 is 39.9 Å².